The van der Waals surface area contributed by atoms with Gasteiger partial charge in [-0.05, 0) is 17.7 Å². The van der Waals surface area contributed by atoms with Gasteiger partial charge in [-0.1, -0.05) is 12.1 Å². The molecule has 0 saturated carbocycles. The summed E-state index contributed by atoms with van der Waals surface area (Å²) < 4.78 is 16.1. The van der Waals surface area contributed by atoms with E-state index in [0.29, 0.717) is 23.9 Å². The first-order chi connectivity index (χ1) is 9.21. The third-order valence-electron chi connectivity index (χ3n) is 2.71. The number of rotatable bonds is 5. The quantitative estimate of drug-likeness (QED) is 0.839. The van der Waals surface area contributed by atoms with Crippen LogP contribution in [0.4, 0.5) is 5.69 Å². The van der Waals surface area contributed by atoms with Crippen LogP contribution in [0.15, 0.2) is 42.5 Å². The zero-order valence-corrected chi connectivity index (χ0v) is 11.1. The van der Waals surface area contributed by atoms with Crippen LogP contribution in [0.5, 0.6) is 17.2 Å². The molecule has 0 aliphatic carbocycles. The molecule has 0 aliphatic heterocycles. The van der Waals surface area contributed by atoms with Crippen LogP contribution < -0.4 is 19.9 Å². The number of methoxy groups -OCH3 is 2. The largest absolute Gasteiger partial charge is 0.496 e. The van der Waals surface area contributed by atoms with E-state index >= 15 is 0 Å². The van der Waals surface area contributed by atoms with Crippen LogP contribution in [0.25, 0.3) is 0 Å². The molecule has 0 spiro atoms. The van der Waals surface area contributed by atoms with Crippen molar-refractivity contribution in [3.63, 3.8) is 0 Å². The van der Waals surface area contributed by atoms with E-state index in [0.717, 1.165) is 11.3 Å². The van der Waals surface area contributed by atoms with E-state index in [4.69, 9.17) is 19.9 Å². The Bertz CT molecular complexity index is 515. The van der Waals surface area contributed by atoms with Crippen molar-refractivity contribution in [3.05, 3.63) is 48.0 Å². The molecule has 0 heterocycles. The molecule has 0 fully saturated rings. The molecule has 2 aromatic rings. The highest BCUT2D eigenvalue weighted by atomic mass is 16.5. The number of anilines is 1. The van der Waals surface area contributed by atoms with Gasteiger partial charge in [0.2, 0.25) is 0 Å². The second kappa shape index (κ2) is 6.00. The average Bonchev–Trinajstić information content (AvgIpc) is 2.46. The van der Waals surface area contributed by atoms with Crippen molar-refractivity contribution in [2.24, 2.45) is 0 Å². The first-order valence-electron chi connectivity index (χ1n) is 5.91. The molecule has 4 nitrogen and oxygen atoms in total. The highest BCUT2D eigenvalue weighted by Gasteiger charge is 2.03. The Morgan fingerprint density at radius 2 is 1.37 bits per heavy atom. The highest BCUT2D eigenvalue weighted by Crippen LogP contribution is 2.27. The molecule has 19 heavy (non-hydrogen) atoms. The number of benzene rings is 2. The van der Waals surface area contributed by atoms with Crippen LogP contribution in [0.1, 0.15) is 5.56 Å². The smallest absolute Gasteiger partial charge is 0.127 e. The van der Waals surface area contributed by atoms with Crippen molar-refractivity contribution in [1.29, 1.82) is 0 Å². The van der Waals surface area contributed by atoms with Crippen LogP contribution >= 0.6 is 0 Å². The van der Waals surface area contributed by atoms with Gasteiger partial charge in [0.15, 0.2) is 0 Å². The molecule has 0 aliphatic rings. The Kier molecular flexibility index (Phi) is 4.13. The third kappa shape index (κ3) is 3.55. The maximum absolute atomic E-state index is 5.72. The van der Waals surface area contributed by atoms with Crippen molar-refractivity contribution in [2.75, 3.05) is 20.0 Å². The van der Waals surface area contributed by atoms with Gasteiger partial charge in [-0.3, -0.25) is 0 Å². The lowest BCUT2D eigenvalue weighted by atomic mass is 10.2. The fourth-order valence-electron chi connectivity index (χ4n) is 1.65. The van der Waals surface area contributed by atoms with Gasteiger partial charge in [0.05, 0.1) is 14.2 Å². The van der Waals surface area contributed by atoms with Crippen molar-refractivity contribution in [3.8, 4) is 17.2 Å². The Balaban J connectivity index is 2.08. The maximum atomic E-state index is 5.72. The third-order valence-corrected chi connectivity index (χ3v) is 2.71. The monoisotopic (exact) mass is 259 g/mol. The summed E-state index contributed by atoms with van der Waals surface area (Å²) in [4.78, 5) is 0. The van der Waals surface area contributed by atoms with Gasteiger partial charge in [0.1, 0.15) is 23.9 Å². The van der Waals surface area contributed by atoms with E-state index in [2.05, 4.69) is 0 Å². The topological polar surface area (TPSA) is 53.7 Å². The van der Waals surface area contributed by atoms with E-state index < -0.39 is 0 Å². The van der Waals surface area contributed by atoms with Crippen molar-refractivity contribution in [1.82, 2.24) is 0 Å². The SMILES string of the molecule is COc1cc(OC)cc(OCc2ccc(N)cc2)c1. The van der Waals surface area contributed by atoms with Gasteiger partial charge in [-0.25, -0.2) is 0 Å². The summed E-state index contributed by atoms with van der Waals surface area (Å²) in [5.74, 6) is 2.10. The summed E-state index contributed by atoms with van der Waals surface area (Å²) in [6, 6.07) is 13.0. The van der Waals surface area contributed by atoms with Crippen LogP contribution in [0.3, 0.4) is 0 Å². The summed E-state index contributed by atoms with van der Waals surface area (Å²) in [5, 5.41) is 0. The van der Waals surface area contributed by atoms with Crippen LogP contribution in [-0.4, -0.2) is 14.2 Å². The number of hydrogen-bond acceptors (Lipinski definition) is 4. The fourth-order valence-corrected chi connectivity index (χ4v) is 1.65. The average molecular weight is 259 g/mol. The summed E-state index contributed by atoms with van der Waals surface area (Å²) in [7, 11) is 3.22. The zero-order valence-electron chi connectivity index (χ0n) is 11.1. The first-order valence-corrected chi connectivity index (χ1v) is 5.91. The molecular formula is C15H17NO3. The molecule has 4 heteroatoms. The summed E-state index contributed by atoms with van der Waals surface area (Å²) in [6.07, 6.45) is 0. The zero-order chi connectivity index (χ0) is 13.7. The Morgan fingerprint density at radius 1 is 0.842 bits per heavy atom. The Hall–Kier alpha value is -2.36. The Morgan fingerprint density at radius 3 is 1.89 bits per heavy atom. The molecule has 2 N–H and O–H groups in total. The number of ether oxygens (including phenoxy) is 3. The van der Waals surface area contributed by atoms with E-state index in [9.17, 15) is 0 Å². The summed E-state index contributed by atoms with van der Waals surface area (Å²) in [6.45, 7) is 0.469. The molecule has 0 radical (unpaired) electrons. The van der Waals surface area contributed by atoms with E-state index in [-0.39, 0.29) is 0 Å². The minimum Gasteiger partial charge on any atom is -0.496 e. The minimum atomic E-state index is 0.469. The summed E-state index contributed by atoms with van der Waals surface area (Å²) in [5.41, 5.74) is 7.43. The van der Waals surface area contributed by atoms with Crippen LogP contribution in [0.2, 0.25) is 0 Å². The molecular weight excluding hydrogens is 242 g/mol. The molecule has 0 amide bonds. The van der Waals surface area contributed by atoms with Gasteiger partial charge in [0.25, 0.3) is 0 Å². The van der Waals surface area contributed by atoms with Gasteiger partial charge in [-0.15, -0.1) is 0 Å². The second-order valence-electron chi connectivity index (χ2n) is 4.08. The van der Waals surface area contributed by atoms with Crippen molar-refractivity contribution < 1.29 is 14.2 Å². The normalized spacial score (nSPS) is 10.0. The fraction of sp³-hybridized carbons (Fsp3) is 0.200. The molecule has 0 aromatic heterocycles. The molecule has 0 unspecified atom stereocenters. The number of nitrogens with two attached hydrogens (primary N) is 1. The molecule has 2 aromatic carbocycles. The van der Waals surface area contributed by atoms with E-state index in [1.54, 1.807) is 20.3 Å². The molecule has 0 saturated heterocycles. The number of hydrogen-bond donors (Lipinski definition) is 1. The lowest BCUT2D eigenvalue weighted by Gasteiger charge is -2.10. The lowest BCUT2D eigenvalue weighted by Crippen LogP contribution is -1.97. The minimum absolute atomic E-state index is 0.469. The maximum Gasteiger partial charge on any atom is 0.127 e. The molecule has 0 atom stereocenters. The van der Waals surface area contributed by atoms with Gasteiger partial charge >= 0.3 is 0 Å². The molecule has 0 bridgehead atoms. The highest BCUT2D eigenvalue weighted by molar-refractivity contribution is 5.42. The van der Waals surface area contributed by atoms with Crippen LogP contribution in [0, 0.1) is 0 Å². The van der Waals surface area contributed by atoms with E-state index in [1.807, 2.05) is 36.4 Å². The van der Waals surface area contributed by atoms with Gasteiger partial charge in [0, 0.05) is 23.9 Å². The Labute approximate surface area is 112 Å². The predicted molar refractivity (Wildman–Crippen MR) is 74.7 cm³/mol. The van der Waals surface area contributed by atoms with Crippen molar-refractivity contribution >= 4 is 5.69 Å². The van der Waals surface area contributed by atoms with Gasteiger partial charge < -0.3 is 19.9 Å². The number of nitrogen functional groups attached to an aromatic ring is 1. The summed E-state index contributed by atoms with van der Waals surface area (Å²) >= 11 is 0. The van der Waals surface area contributed by atoms with Gasteiger partial charge in [-0.2, -0.15) is 0 Å². The standard InChI is InChI=1S/C15H17NO3/c1-17-13-7-14(18-2)9-15(8-13)19-10-11-3-5-12(16)6-4-11/h3-9H,10,16H2,1-2H3. The second-order valence-corrected chi connectivity index (χ2v) is 4.08. The lowest BCUT2D eigenvalue weighted by molar-refractivity contribution is 0.300. The molecule has 2 rings (SSSR count). The molecule has 100 valence electrons. The van der Waals surface area contributed by atoms with Crippen molar-refractivity contribution in [2.45, 2.75) is 6.61 Å². The first kappa shape index (κ1) is 13.1. The predicted octanol–water partition coefficient (Wildman–Crippen LogP) is 2.87. The van der Waals surface area contributed by atoms with Crippen LogP contribution in [-0.2, 0) is 6.61 Å². The van der Waals surface area contributed by atoms with E-state index in [1.165, 1.54) is 0 Å².